The third-order valence-corrected chi connectivity index (χ3v) is 28.9. The van der Waals surface area contributed by atoms with Crippen LogP contribution < -0.4 is 45.7 Å². The predicted molar refractivity (Wildman–Crippen MR) is 542 cm³/mol. The molecule has 0 aromatic heterocycles. The van der Waals surface area contributed by atoms with Crippen LogP contribution in [0.3, 0.4) is 0 Å². The summed E-state index contributed by atoms with van der Waals surface area (Å²) < 4.78 is 135. The van der Waals surface area contributed by atoms with Gasteiger partial charge < -0.3 is 30.6 Å². The normalized spacial score (nSPS) is 19.9. The molecule has 6 unspecified atom stereocenters. The molecule has 744 valence electrons. The molecular weight excluding hydrogens is 1910 g/mol. The molecule has 6 heterocycles. The summed E-state index contributed by atoms with van der Waals surface area (Å²) in [6.45, 7) is 13.6. The molecule has 0 spiro atoms. The standard InChI is InChI=1S/3C40H33F3N3O3.Al/c3*1-3-45-31-20-19-25(2)21-30(31)39(23-26-13-7-4-8-14-26,24-27-15-9-5-10-16-27)32(45)22-29-35(47)33(36(29)48)34-37(40(41,42)43)44-46(38(34)49)28-17-11-6-12-18-28;/h3*4-22,35-36H,3,23-24H2,1-2H3;/q3*-1;+3. The maximum absolute atomic E-state index is 14.3. The summed E-state index contributed by atoms with van der Waals surface area (Å²) in [7, 11) is 0. The van der Waals surface area contributed by atoms with Crippen molar-refractivity contribution in [3.63, 3.8) is 0 Å². The van der Waals surface area contributed by atoms with Crippen molar-refractivity contribution in [3.05, 3.63) is 463 Å². The second-order valence-electron chi connectivity index (χ2n) is 38.1. The van der Waals surface area contributed by atoms with Crippen molar-refractivity contribution >= 4 is 103 Å². The van der Waals surface area contributed by atoms with E-state index in [9.17, 15) is 84.5 Å². The van der Waals surface area contributed by atoms with E-state index in [0.29, 0.717) is 73.2 Å². The van der Waals surface area contributed by atoms with Crippen molar-refractivity contribution in [1.29, 1.82) is 0 Å². The van der Waals surface area contributed by atoms with Gasteiger partial charge >= 0.3 is 35.9 Å². The first-order chi connectivity index (χ1) is 70.6. The minimum Gasteiger partial charge on any atom is -0.846 e. The summed E-state index contributed by atoms with van der Waals surface area (Å²) in [4.78, 5) is 40.4. The van der Waals surface area contributed by atoms with Gasteiger partial charge in [-0.3, -0.25) is 14.4 Å². The van der Waals surface area contributed by atoms with E-state index in [0.717, 1.165) is 101 Å². The molecule has 3 amide bonds. The molecule has 12 aromatic carbocycles. The number of rotatable bonds is 21. The molecule has 6 atom stereocenters. The van der Waals surface area contributed by atoms with Crippen LogP contribution in [0.5, 0.6) is 0 Å². The fourth-order valence-corrected chi connectivity index (χ4v) is 22.2. The fraction of sp³-hybridized carbons (Fsp3) is 0.225. The minimum atomic E-state index is -5.06. The number of hydrogen-bond donors (Lipinski definition) is 0. The van der Waals surface area contributed by atoms with E-state index < -0.39 is 140 Å². The molecule has 6 aliphatic heterocycles. The topological polar surface area (TPSA) is 245 Å². The van der Waals surface area contributed by atoms with Gasteiger partial charge in [-0.25, -0.2) is 0 Å². The minimum absolute atomic E-state index is 0. The number of aryl methyl sites for hydroxylation is 3. The predicted octanol–water partition coefficient (Wildman–Crippen LogP) is 16.1. The summed E-state index contributed by atoms with van der Waals surface area (Å²) in [6.07, 6.45) is -18.7. The third-order valence-electron chi connectivity index (χ3n) is 28.9. The molecule has 3 fully saturated rings. The number of benzene rings is 12. The number of hydrazone groups is 3. The molecule has 0 bridgehead atoms. The van der Waals surface area contributed by atoms with Gasteiger partial charge in [-0.1, -0.05) is 342 Å². The molecule has 9 aliphatic rings. The van der Waals surface area contributed by atoms with Crippen LogP contribution in [0, 0.1) is 20.8 Å². The second-order valence-corrected chi connectivity index (χ2v) is 38.1. The number of anilines is 3. The van der Waals surface area contributed by atoms with Crippen LogP contribution in [0.1, 0.15) is 87.5 Å². The summed E-state index contributed by atoms with van der Waals surface area (Å²) >= 11 is 0. The Hall–Kier alpha value is -14.8. The van der Waals surface area contributed by atoms with Crippen molar-refractivity contribution in [2.75, 3.05) is 34.7 Å². The average molecular weight is 2010 g/mol. The number of amides is 3. The molecule has 12 aromatic rings. The van der Waals surface area contributed by atoms with Gasteiger partial charge in [-0.05, 0) is 168 Å². The monoisotopic (exact) mass is 2010 g/mol. The van der Waals surface area contributed by atoms with Crippen LogP contribution >= 0.6 is 0 Å². The Balaban J connectivity index is 0.000000145. The number of alkyl halides is 9. The first kappa shape index (κ1) is 103. The fourth-order valence-electron chi connectivity index (χ4n) is 22.2. The summed E-state index contributed by atoms with van der Waals surface area (Å²) in [5.41, 5.74) is 6.22. The van der Waals surface area contributed by atoms with Gasteiger partial charge in [-0.2, -0.15) is 83.6 Å². The number of carbonyl (C=O) groups is 3. The number of hydrogen-bond acceptors (Lipinski definition) is 12. The number of nitrogens with zero attached hydrogens (tertiary/aromatic N) is 9. The van der Waals surface area contributed by atoms with Gasteiger partial charge in [0.15, 0.2) is 34.3 Å². The van der Waals surface area contributed by atoms with Crippen LogP contribution in [-0.2, 0) is 69.2 Å². The number of para-hydroxylation sites is 3. The quantitative estimate of drug-likeness (QED) is 0.0287. The Bertz CT molecular complexity index is 6710. The molecule has 0 N–H and O–H groups in total. The van der Waals surface area contributed by atoms with Gasteiger partial charge in [0.25, 0.3) is 17.7 Å². The van der Waals surface area contributed by atoms with Gasteiger partial charge in [0.05, 0.1) is 50.0 Å². The molecule has 0 radical (unpaired) electrons. The Morgan fingerprint density at radius 3 is 0.649 bits per heavy atom. The van der Waals surface area contributed by atoms with Gasteiger partial charge in [0.1, 0.15) is 19.6 Å². The van der Waals surface area contributed by atoms with Gasteiger partial charge in [0.2, 0.25) is 17.1 Å². The number of allylic oxidation sites excluding steroid dienone is 3. The average Bonchev–Trinajstić information content (AvgIpc) is 1.55. The Labute approximate surface area is 860 Å². The molecule has 3 saturated carbocycles. The maximum atomic E-state index is 14.3. The van der Waals surface area contributed by atoms with Gasteiger partial charge in [0, 0.05) is 53.1 Å². The molecule has 0 saturated heterocycles. The van der Waals surface area contributed by atoms with E-state index in [1.807, 2.05) is 260 Å². The number of carbonyl (C=O) groups excluding carboxylic acids is 3. The van der Waals surface area contributed by atoms with Crippen molar-refractivity contribution in [1.82, 2.24) is 0 Å². The van der Waals surface area contributed by atoms with Crippen LogP contribution in [0.25, 0.3) is 0 Å². The van der Waals surface area contributed by atoms with E-state index in [-0.39, 0.29) is 51.1 Å². The largest absolute Gasteiger partial charge is 3.00 e. The van der Waals surface area contributed by atoms with E-state index in [2.05, 4.69) is 47.2 Å². The summed E-state index contributed by atoms with van der Waals surface area (Å²) in [5, 5.41) is 96.5. The molecule has 3 aliphatic carbocycles. The van der Waals surface area contributed by atoms with E-state index in [1.165, 1.54) is 36.4 Å². The molecule has 18 nitrogen and oxygen atoms in total. The van der Waals surface area contributed by atoms with Crippen molar-refractivity contribution in [2.24, 2.45) is 15.3 Å². The third kappa shape index (κ3) is 19.0. The zero-order valence-corrected chi connectivity index (χ0v) is 82.6. The van der Waals surface area contributed by atoms with Crippen LogP contribution in [0.4, 0.5) is 73.6 Å². The molecule has 148 heavy (non-hydrogen) atoms. The first-order valence-electron chi connectivity index (χ1n) is 48.6. The smallest absolute Gasteiger partial charge is 0.846 e. The van der Waals surface area contributed by atoms with Crippen molar-refractivity contribution < 1.29 is 98.3 Å². The molecule has 21 rings (SSSR count). The van der Waals surface area contributed by atoms with Crippen LogP contribution in [-0.4, -0.2) is 158 Å². The number of halogens is 9. The van der Waals surface area contributed by atoms with Crippen LogP contribution in [0.2, 0.25) is 0 Å². The SMILES string of the molecule is CC[N+]1=C(C=C2C([O-])C(=C3C(=O)N(c4ccccc4)N=C3C(F)(F)F)C2[O-])C(Cc2ccccc2)(Cc2ccccc2)c2cc(C)ccc21.CC[N+]1=C(C=C2C([O-])C(=C3C(=O)N(c4ccccc4)N=C3C(F)(F)F)C2[O-])C(Cc2ccccc2)(Cc2ccccc2)c2cc(C)ccc21.CC[N+]1=C(C=C2C([O-])C(=C3C(=O)N(c4ccccc4)N=C3C(F)(F)F)C2[O-])C(Cc2ccccc2)(Cc2ccccc2)c2cc(C)ccc21.[Al+3]. The molecular formula is C120H99AlF9N9O9. The zero-order valence-electron chi connectivity index (χ0n) is 81.4. The maximum Gasteiger partial charge on any atom is 3.00 e. The Kier molecular flexibility index (Phi) is 28.9. The molecule has 28 heteroatoms. The van der Waals surface area contributed by atoms with Crippen molar-refractivity contribution in [2.45, 2.75) is 151 Å². The van der Waals surface area contributed by atoms with Gasteiger partial charge in [-0.15, -0.1) is 0 Å². The van der Waals surface area contributed by atoms with Crippen molar-refractivity contribution in [3.8, 4) is 0 Å². The first-order valence-corrected chi connectivity index (χ1v) is 48.6. The van der Waals surface area contributed by atoms with Crippen LogP contribution in [0.15, 0.2) is 411 Å². The number of fused-ring (bicyclic) bond motifs is 3. The second kappa shape index (κ2) is 41.5. The Morgan fingerprint density at radius 2 is 0.473 bits per heavy atom. The van der Waals surface area contributed by atoms with E-state index in [4.69, 9.17) is 0 Å². The van der Waals surface area contributed by atoms with E-state index in [1.54, 1.807) is 72.8 Å². The summed E-state index contributed by atoms with van der Waals surface area (Å²) in [6, 6.07) is 101. The zero-order chi connectivity index (χ0) is 104. The van der Waals surface area contributed by atoms with E-state index >= 15 is 0 Å². The Morgan fingerprint density at radius 1 is 0.291 bits per heavy atom. The summed E-state index contributed by atoms with van der Waals surface area (Å²) in [5.74, 6) is -3.41.